The van der Waals surface area contributed by atoms with Crippen LogP contribution in [0.5, 0.6) is 0 Å². The van der Waals surface area contributed by atoms with Gasteiger partial charge in [-0.3, -0.25) is 4.68 Å². The van der Waals surface area contributed by atoms with Crippen LogP contribution in [0.2, 0.25) is 0 Å². The van der Waals surface area contributed by atoms with Crippen molar-refractivity contribution in [2.24, 2.45) is 7.05 Å². The van der Waals surface area contributed by atoms with Crippen LogP contribution in [-0.4, -0.2) is 20.9 Å². The van der Waals surface area contributed by atoms with Gasteiger partial charge in [-0.25, -0.2) is 4.79 Å². The van der Waals surface area contributed by atoms with E-state index in [4.69, 9.17) is 5.11 Å². The number of aromatic nitrogens is 2. The topological polar surface area (TPSA) is 55.1 Å². The zero-order valence-corrected chi connectivity index (χ0v) is 11.9. The first kappa shape index (κ1) is 12.8. The fourth-order valence-electron chi connectivity index (χ4n) is 1.90. The highest BCUT2D eigenvalue weighted by molar-refractivity contribution is 9.10. The summed E-state index contributed by atoms with van der Waals surface area (Å²) in [5.41, 5.74) is 4.03. The number of aromatic carboxylic acids is 1. The molecule has 0 saturated carbocycles. The van der Waals surface area contributed by atoms with Gasteiger partial charge in [-0.1, -0.05) is 15.9 Å². The van der Waals surface area contributed by atoms with Gasteiger partial charge in [0.25, 0.3) is 0 Å². The molecule has 1 heterocycles. The zero-order valence-electron chi connectivity index (χ0n) is 10.4. The minimum Gasteiger partial charge on any atom is -0.476 e. The molecule has 0 spiro atoms. The van der Waals surface area contributed by atoms with E-state index >= 15 is 0 Å². The van der Waals surface area contributed by atoms with Crippen molar-refractivity contribution in [1.82, 2.24) is 9.78 Å². The summed E-state index contributed by atoms with van der Waals surface area (Å²) in [6.45, 7) is 3.99. The molecule has 2 rings (SSSR count). The number of aryl methyl sites for hydroxylation is 2. The Morgan fingerprint density at radius 3 is 2.56 bits per heavy atom. The lowest BCUT2D eigenvalue weighted by Crippen LogP contribution is -1.99. The molecule has 1 aromatic heterocycles. The lowest BCUT2D eigenvalue weighted by molar-refractivity contribution is 0.0689. The van der Waals surface area contributed by atoms with Gasteiger partial charge in [-0.15, -0.1) is 0 Å². The zero-order chi connectivity index (χ0) is 13.4. The molecule has 0 saturated heterocycles. The van der Waals surface area contributed by atoms with Crippen LogP contribution < -0.4 is 0 Å². The summed E-state index contributed by atoms with van der Waals surface area (Å²) in [6.07, 6.45) is 0. The number of carbonyl (C=O) groups is 1. The minimum absolute atomic E-state index is 0.0597. The highest BCUT2D eigenvalue weighted by Gasteiger charge is 2.15. The predicted molar refractivity (Wildman–Crippen MR) is 72.8 cm³/mol. The Kier molecular flexibility index (Phi) is 3.26. The van der Waals surface area contributed by atoms with Crippen LogP contribution in [0.3, 0.4) is 0 Å². The second-order valence-corrected chi connectivity index (χ2v) is 5.12. The Labute approximate surface area is 113 Å². The predicted octanol–water partition coefficient (Wildman–Crippen LogP) is 3.16. The third-order valence-corrected chi connectivity index (χ3v) is 3.69. The first-order chi connectivity index (χ1) is 8.40. The first-order valence-corrected chi connectivity index (χ1v) is 6.24. The van der Waals surface area contributed by atoms with Gasteiger partial charge in [0.05, 0.1) is 5.69 Å². The van der Waals surface area contributed by atoms with Crippen molar-refractivity contribution in [3.63, 3.8) is 0 Å². The molecule has 0 unspecified atom stereocenters. The summed E-state index contributed by atoms with van der Waals surface area (Å²) in [5.74, 6) is -1.01. The maximum Gasteiger partial charge on any atom is 0.356 e. The third kappa shape index (κ3) is 2.18. The van der Waals surface area contributed by atoms with Gasteiger partial charge < -0.3 is 5.11 Å². The number of carboxylic acid groups (broad SMARTS) is 1. The number of nitrogens with zero attached hydrogens (tertiary/aromatic N) is 2. The van der Waals surface area contributed by atoms with Crippen LogP contribution >= 0.6 is 15.9 Å². The van der Waals surface area contributed by atoms with Crippen molar-refractivity contribution >= 4 is 21.9 Å². The van der Waals surface area contributed by atoms with E-state index in [0.717, 1.165) is 26.9 Å². The molecule has 94 valence electrons. The Balaban J connectivity index is 2.65. The molecule has 5 heteroatoms. The summed E-state index contributed by atoms with van der Waals surface area (Å²) in [6, 6.07) is 5.66. The van der Waals surface area contributed by atoms with Crippen LogP contribution in [0.4, 0.5) is 0 Å². The second kappa shape index (κ2) is 4.57. The monoisotopic (exact) mass is 308 g/mol. The summed E-state index contributed by atoms with van der Waals surface area (Å²) in [4.78, 5) is 10.9. The maximum atomic E-state index is 10.9. The van der Waals surface area contributed by atoms with Crippen molar-refractivity contribution in [2.75, 3.05) is 0 Å². The standard InChI is InChI=1S/C13H13BrN2O2/c1-7-4-9(8(2)10(14)5-7)12-6-11(13(17)18)15-16(12)3/h4-6H,1-3H3,(H,17,18). The number of rotatable bonds is 2. The summed E-state index contributed by atoms with van der Waals surface area (Å²) in [5, 5.41) is 13.0. The van der Waals surface area contributed by atoms with Gasteiger partial charge in [0, 0.05) is 17.1 Å². The van der Waals surface area contributed by atoms with Crippen LogP contribution in [0.25, 0.3) is 11.3 Å². The number of benzene rings is 1. The van der Waals surface area contributed by atoms with Gasteiger partial charge in [0.1, 0.15) is 0 Å². The average Bonchev–Trinajstić information content (AvgIpc) is 2.66. The number of carboxylic acids is 1. The molecule has 0 aliphatic heterocycles. The molecule has 18 heavy (non-hydrogen) atoms. The lowest BCUT2D eigenvalue weighted by atomic mass is 10.0. The van der Waals surface area contributed by atoms with E-state index < -0.39 is 5.97 Å². The van der Waals surface area contributed by atoms with Crippen LogP contribution in [0.1, 0.15) is 21.6 Å². The van der Waals surface area contributed by atoms with Crippen molar-refractivity contribution in [3.05, 3.63) is 39.5 Å². The number of halogens is 1. The van der Waals surface area contributed by atoms with Crippen molar-refractivity contribution in [3.8, 4) is 11.3 Å². The Hall–Kier alpha value is -1.62. The van der Waals surface area contributed by atoms with Gasteiger partial charge in [-0.05, 0) is 43.2 Å². The Morgan fingerprint density at radius 2 is 2.00 bits per heavy atom. The molecule has 0 bridgehead atoms. The second-order valence-electron chi connectivity index (χ2n) is 4.26. The summed E-state index contributed by atoms with van der Waals surface area (Å²) < 4.78 is 2.60. The first-order valence-electron chi connectivity index (χ1n) is 5.44. The van der Waals surface area contributed by atoms with Crippen LogP contribution in [0.15, 0.2) is 22.7 Å². The third-order valence-electron chi connectivity index (χ3n) is 2.86. The van der Waals surface area contributed by atoms with Gasteiger partial charge in [0.2, 0.25) is 0 Å². The molecule has 0 aliphatic carbocycles. The van der Waals surface area contributed by atoms with Crippen molar-refractivity contribution < 1.29 is 9.90 Å². The van der Waals surface area contributed by atoms with Gasteiger partial charge in [-0.2, -0.15) is 5.10 Å². The van der Waals surface area contributed by atoms with E-state index in [1.54, 1.807) is 17.8 Å². The molecular formula is C13H13BrN2O2. The van der Waals surface area contributed by atoms with Gasteiger partial charge >= 0.3 is 5.97 Å². The highest BCUT2D eigenvalue weighted by Crippen LogP contribution is 2.30. The normalized spacial score (nSPS) is 10.7. The number of hydrogen-bond acceptors (Lipinski definition) is 2. The van der Waals surface area contributed by atoms with Crippen molar-refractivity contribution in [2.45, 2.75) is 13.8 Å². The molecule has 1 aromatic carbocycles. The lowest BCUT2D eigenvalue weighted by Gasteiger charge is -2.09. The average molecular weight is 309 g/mol. The molecule has 2 aromatic rings. The maximum absolute atomic E-state index is 10.9. The van der Waals surface area contributed by atoms with E-state index in [2.05, 4.69) is 21.0 Å². The van der Waals surface area contributed by atoms with Crippen LogP contribution in [-0.2, 0) is 7.05 Å². The van der Waals surface area contributed by atoms with Crippen LogP contribution in [0, 0.1) is 13.8 Å². The fraction of sp³-hybridized carbons (Fsp3) is 0.231. The largest absolute Gasteiger partial charge is 0.476 e. The molecular weight excluding hydrogens is 296 g/mol. The highest BCUT2D eigenvalue weighted by atomic mass is 79.9. The Bertz CT molecular complexity index is 632. The summed E-state index contributed by atoms with van der Waals surface area (Å²) >= 11 is 3.51. The minimum atomic E-state index is -1.01. The molecule has 0 radical (unpaired) electrons. The molecule has 0 amide bonds. The van der Waals surface area contributed by atoms with Gasteiger partial charge in [0.15, 0.2) is 5.69 Å². The molecule has 4 nitrogen and oxygen atoms in total. The van der Waals surface area contributed by atoms with E-state index in [9.17, 15) is 4.79 Å². The Morgan fingerprint density at radius 1 is 1.33 bits per heavy atom. The van der Waals surface area contributed by atoms with E-state index in [1.807, 2.05) is 26.0 Å². The molecule has 0 aliphatic rings. The molecule has 1 N–H and O–H groups in total. The molecule has 0 fully saturated rings. The number of hydrogen-bond donors (Lipinski definition) is 1. The van der Waals surface area contributed by atoms with E-state index in [-0.39, 0.29) is 5.69 Å². The SMILES string of the molecule is Cc1cc(Br)c(C)c(-c2cc(C(=O)O)nn2C)c1. The fourth-order valence-corrected chi connectivity index (χ4v) is 2.48. The summed E-state index contributed by atoms with van der Waals surface area (Å²) in [7, 11) is 1.75. The quantitative estimate of drug-likeness (QED) is 0.927. The van der Waals surface area contributed by atoms with E-state index in [0.29, 0.717) is 0 Å². The van der Waals surface area contributed by atoms with Crippen molar-refractivity contribution in [1.29, 1.82) is 0 Å². The smallest absolute Gasteiger partial charge is 0.356 e. The van der Waals surface area contributed by atoms with E-state index in [1.165, 1.54) is 0 Å². The molecule has 0 atom stereocenters.